The predicted molar refractivity (Wildman–Crippen MR) is 72.4 cm³/mol. The predicted octanol–water partition coefficient (Wildman–Crippen LogP) is 2.22. The molecule has 0 spiro atoms. The van der Waals surface area contributed by atoms with Crippen molar-refractivity contribution in [2.75, 3.05) is 0 Å². The normalized spacial score (nSPS) is 11.3. The lowest BCUT2D eigenvalue weighted by Gasteiger charge is -2.24. The molecule has 19 heavy (non-hydrogen) atoms. The molecule has 5 nitrogen and oxygen atoms in total. The van der Waals surface area contributed by atoms with Gasteiger partial charge in [0.05, 0.1) is 11.1 Å². The van der Waals surface area contributed by atoms with E-state index in [0.29, 0.717) is 0 Å². The van der Waals surface area contributed by atoms with Gasteiger partial charge in [0.1, 0.15) is 16.5 Å². The van der Waals surface area contributed by atoms with E-state index in [-0.39, 0.29) is 17.1 Å². The second-order valence-corrected chi connectivity index (χ2v) is 5.51. The van der Waals surface area contributed by atoms with Crippen LogP contribution in [0.2, 0.25) is 0 Å². The minimum Gasteiger partial charge on any atom is -0.508 e. The fourth-order valence-electron chi connectivity index (χ4n) is 1.64. The molecule has 1 amide bonds. The van der Waals surface area contributed by atoms with Crippen LogP contribution in [0.5, 0.6) is 11.5 Å². The minimum atomic E-state index is -0.650. The number of carbonyl (C=O) groups excluding carboxylic acids is 1. The van der Waals surface area contributed by atoms with E-state index >= 15 is 0 Å². The van der Waals surface area contributed by atoms with Gasteiger partial charge >= 0.3 is 0 Å². The quantitative estimate of drug-likeness (QED) is 0.752. The summed E-state index contributed by atoms with van der Waals surface area (Å²) >= 11 is 1.44. The van der Waals surface area contributed by atoms with Gasteiger partial charge in [0.2, 0.25) is 0 Å². The SMILES string of the molecule is CC(C)(NC(=O)c1cc(O)ccc1O)c1nccs1. The van der Waals surface area contributed by atoms with Crippen LogP contribution in [-0.4, -0.2) is 21.1 Å². The van der Waals surface area contributed by atoms with E-state index in [1.54, 1.807) is 6.20 Å². The lowest BCUT2D eigenvalue weighted by atomic mass is 10.1. The average molecular weight is 278 g/mol. The number of phenolic OH excluding ortho intramolecular Hbond substituents is 2. The Labute approximate surface area is 114 Å². The molecule has 100 valence electrons. The number of rotatable bonds is 3. The molecule has 0 radical (unpaired) electrons. The second kappa shape index (κ2) is 4.89. The Morgan fingerprint density at radius 1 is 1.37 bits per heavy atom. The van der Waals surface area contributed by atoms with E-state index in [0.717, 1.165) is 5.01 Å². The fraction of sp³-hybridized carbons (Fsp3) is 0.231. The third-order valence-electron chi connectivity index (χ3n) is 2.62. The Morgan fingerprint density at radius 2 is 2.11 bits per heavy atom. The Kier molecular flexibility index (Phi) is 3.44. The summed E-state index contributed by atoms with van der Waals surface area (Å²) in [5.74, 6) is -0.714. The van der Waals surface area contributed by atoms with E-state index in [1.807, 2.05) is 19.2 Å². The van der Waals surface area contributed by atoms with Gasteiger partial charge in [-0.1, -0.05) is 0 Å². The zero-order valence-corrected chi connectivity index (χ0v) is 11.4. The molecule has 0 fully saturated rings. The highest BCUT2D eigenvalue weighted by Gasteiger charge is 2.27. The summed E-state index contributed by atoms with van der Waals surface area (Å²) in [7, 11) is 0. The molecular formula is C13H14N2O3S. The monoisotopic (exact) mass is 278 g/mol. The Bertz CT molecular complexity index is 594. The van der Waals surface area contributed by atoms with Crippen LogP contribution in [0.25, 0.3) is 0 Å². The summed E-state index contributed by atoms with van der Waals surface area (Å²) in [4.78, 5) is 16.3. The van der Waals surface area contributed by atoms with Gasteiger partial charge in [-0.2, -0.15) is 0 Å². The number of benzene rings is 1. The maximum absolute atomic E-state index is 12.1. The summed E-state index contributed by atoms with van der Waals surface area (Å²) in [6.07, 6.45) is 1.67. The van der Waals surface area contributed by atoms with Crippen LogP contribution in [0.3, 0.4) is 0 Å². The van der Waals surface area contributed by atoms with Crippen molar-refractivity contribution in [3.63, 3.8) is 0 Å². The molecule has 3 N–H and O–H groups in total. The van der Waals surface area contributed by atoms with Gasteiger partial charge in [0, 0.05) is 11.6 Å². The highest BCUT2D eigenvalue weighted by Crippen LogP contribution is 2.26. The van der Waals surface area contributed by atoms with Crippen molar-refractivity contribution in [2.45, 2.75) is 19.4 Å². The summed E-state index contributed by atoms with van der Waals surface area (Å²) in [5.41, 5.74) is -0.618. The first kappa shape index (κ1) is 13.4. The smallest absolute Gasteiger partial charge is 0.255 e. The molecule has 0 bridgehead atoms. The van der Waals surface area contributed by atoms with Crippen molar-refractivity contribution in [3.05, 3.63) is 40.3 Å². The van der Waals surface area contributed by atoms with Crippen LogP contribution >= 0.6 is 11.3 Å². The van der Waals surface area contributed by atoms with Crippen molar-refractivity contribution in [1.82, 2.24) is 10.3 Å². The number of carbonyl (C=O) groups is 1. The van der Waals surface area contributed by atoms with Crippen molar-refractivity contribution in [1.29, 1.82) is 0 Å². The van der Waals surface area contributed by atoms with Crippen LogP contribution in [0.4, 0.5) is 0 Å². The first-order chi connectivity index (χ1) is 8.90. The zero-order chi connectivity index (χ0) is 14.0. The molecule has 1 aromatic carbocycles. The molecule has 0 aliphatic heterocycles. The lowest BCUT2D eigenvalue weighted by molar-refractivity contribution is 0.0909. The number of nitrogens with one attached hydrogen (secondary N) is 1. The van der Waals surface area contributed by atoms with Crippen LogP contribution < -0.4 is 5.32 Å². The average Bonchev–Trinajstić information content (AvgIpc) is 2.86. The topological polar surface area (TPSA) is 82.5 Å². The van der Waals surface area contributed by atoms with Gasteiger partial charge in [0.25, 0.3) is 5.91 Å². The molecule has 6 heteroatoms. The standard InChI is InChI=1S/C13H14N2O3S/c1-13(2,12-14-5-6-19-12)15-11(18)9-7-8(16)3-4-10(9)17/h3-7,16-17H,1-2H3,(H,15,18). The van der Waals surface area contributed by atoms with Gasteiger partial charge in [0.15, 0.2) is 0 Å². The number of amides is 1. The van der Waals surface area contributed by atoms with Crippen molar-refractivity contribution < 1.29 is 15.0 Å². The van der Waals surface area contributed by atoms with Crippen molar-refractivity contribution in [3.8, 4) is 11.5 Å². The molecule has 0 saturated carbocycles. The largest absolute Gasteiger partial charge is 0.508 e. The van der Waals surface area contributed by atoms with Crippen molar-refractivity contribution >= 4 is 17.2 Å². The number of hydrogen-bond donors (Lipinski definition) is 3. The third-order valence-corrected chi connectivity index (χ3v) is 3.71. The number of nitrogens with zero attached hydrogens (tertiary/aromatic N) is 1. The summed E-state index contributed by atoms with van der Waals surface area (Å²) in [6.45, 7) is 3.65. The molecule has 2 aromatic rings. The highest BCUT2D eigenvalue weighted by molar-refractivity contribution is 7.09. The summed E-state index contributed by atoms with van der Waals surface area (Å²) in [5, 5.41) is 24.4. The first-order valence-electron chi connectivity index (χ1n) is 5.64. The number of aromatic nitrogens is 1. The van der Waals surface area contributed by atoms with Crippen LogP contribution in [0.15, 0.2) is 29.8 Å². The number of aromatic hydroxyl groups is 2. The Morgan fingerprint density at radius 3 is 2.74 bits per heavy atom. The lowest BCUT2D eigenvalue weighted by Crippen LogP contribution is -2.40. The van der Waals surface area contributed by atoms with Crippen LogP contribution in [0, 0.1) is 0 Å². The Balaban J connectivity index is 2.24. The van der Waals surface area contributed by atoms with E-state index in [1.165, 1.54) is 29.5 Å². The van der Waals surface area contributed by atoms with Crippen molar-refractivity contribution in [2.24, 2.45) is 0 Å². The molecule has 0 aliphatic rings. The summed E-state index contributed by atoms with van der Waals surface area (Å²) in [6, 6.07) is 3.82. The fourth-order valence-corrected chi connectivity index (χ4v) is 2.36. The van der Waals surface area contributed by atoms with E-state index in [4.69, 9.17) is 0 Å². The number of hydrogen-bond acceptors (Lipinski definition) is 5. The summed E-state index contributed by atoms with van der Waals surface area (Å²) < 4.78 is 0. The van der Waals surface area contributed by atoms with E-state index in [9.17, 15) is 15.0 Å². The van der Waals surface area contributed by atoms with Gasteiger partial charge in [-0.25, -0.2) is 4.98 Å². The molecule has 2 rings (SSSR count). The molecule has 1 aromatic heterocycles. The minimum absolute atomic E-state index is 0.0321. The molecule has 0 unspecified atom stereocenters. The number of phenols is 2. The molecule has 1 heterocycles. The molecule has 0 aliphatic carbocycles. The van der Waals surface area contributed by atoms with Crippen LogP contribution in [0.1, 0.15) is 29.2 Å². The molecule has 0 saturated heterocycles. The van der Waals surface area contributed by atoms with Crippen LogP contribution in [-0.2, 0) is 5.54 Å². The first-order valence-corrected chi connectivity index (χ1v) is 6.52. The number of thiazole rings is 1. The molecular weight excluding hydrogens is 264 g/mol. The maximum Gasteiger partial charge on any atom is 0.255 e. The second-order valence-electron chi connectivity index (χ2n) is 4.62. The van der Waals surface area contributed by atoms with Gasteiger partial charge < -0.3 is 15.5 Å². The third kappa shape index (κ3) is 2.85. The van der Waals surface area contributed by atoms with Gasteiger partial charge in [-0.3, -0.25) is 4.79 Å². The van der Waals surface area contributed by atoms with E-state index in [2.05, 4.69) is 10.3 Å². The van der Waals surface area contributed by atoms with Gasteiger partial charge in [-0.15, -0.1) is 11.3 Å². The molecule has 0 atom stereocenters. The maximum atomic E-state index is 12.1. The highest BCUT2D eigenvalue weighted by atomic mass is 32.1. The Hall–Kier alpha value is -2.08. The zero-order valence-electron chi connectivity index (χ0n) is 10.5. The van der Waals surface area contributed by atoms with E-state index < -0.39 is 11.4 Å². The van der Waals surface area contributed by atoms with Gasteiger partial charge in [-0.05, 0) is 32.0 Å².